The van der Waals surface area contributed by atoms with Crippen molar-refractivity contribution in [3.63, 3.8) is 0 Å². The molecule has 3 aliphatic rings. The molecule has 5 nitrogen and oxygen atoms in total. The van der Waals surface area contributed by atoms with Crippen LogP contribution in [0.5, 0.6) is 0 Å². The molecule has 2 heterocycles. The van der Waals surface area contributed by atoms with E-state index in [0.29, 0.717) is 6.61 Å². The SMILES string of the molecule is CCOC1CC(O)C12CCN(C(=O)C1CCCCN1)CC2.Cl. The first kappa shape index (κ1) is 18.0. The first-order valence-electron chi connectivity index (χ1n) is 8.49. The molecule has 0 aromatic rings. The van der Waals surface area contributed by atoms with Gasteiger partial charge < -0.3 is 20.1 Å². The van der Waals surface area contributed by atoms with Gasteiger partial charge in [-0.05, 0) is 39.2 Å². The number of piperidine rings is 2. The number of hydrogen-bond acceptors (Lipinski definition) is 4. The van der Waals surface area contributed by atoms with Gasteiger partial charge in [-0.3, -0.25) is 4.79 Å². The van der Waals surface area contributed by atoms with Crippen molar-refractivity contribution in [2.45, 2.75) is 63.7 Å². The van der Waals surface area contributed by atoms with Crippen molar-refractivity contribution in [1.82, 2.24) is 10.2 Å². The molecule has 3 fully saturated rings. The maximum Gasteiger partial charge on any atom is 0.239 e. The number of rotatable bonds is 3. The summed E-state index contributed by atoms with van der Waals surface area (Å²) in [4.78, 5) is 14.5. The molecule has 0 aromatic carbocycles. The number of aliphatic hydroxyl groups is 1. The number of carbonyl (C=O) groups excluding carboxylic acids is 1. The summed E-state index contributed by atoms with van der Waals surface area (Å²) < 4.78 is 5.78. The molecule has 1 saturated carbocycles. The third kappa shape index (κ3) is 3.14. The molecule has 2 saturated heterocycles. The summed E-state index contributed by atoms with van der Waals surface area (Å²) in [6.45, 7) is 5.19. The Kier molecular flexibility index (Phi) is 6.11. The second-order valence-corrected chi connectivity index (χ2v) is 6.76. The number of halogens is 1. The molecule has 3 unspecified atom stereocenters. The van der Waals surface area contributed by atoms with E-state index in [2.05, 4.69) is 5.32 Å². The van der Waals surface area contributed by atoms with E-state index in [9.17, 15) is 9.90 Å². The summed E-state index contributed by atoms with van der Waals surface area (Å²) in [7, 11) is 0. The van der Waals surface area contributed by atoms with Crippen molar-refractivity contribution in [3.05, 3.63) is 0 Å². The lowest BCUT2D eigenvalue weighted by atomic mass is 9.58. The minimum absolute atomic E-state index is 0. The summed E-state index contributed by atoms with van der Waals surface area (Å²) in [5.74, 6) is 0.256. The Morgan fingerprint density at radius 1 is 1.36 bits per heavy atom. The van der Waals surface area contributed by atoms with Gasteiger partial charge in [0.1, 0.15) is 0 Å². The summed E-state index contributed by atoms with van der Waals surface area (Å²) in [6, 6.07) is 0.0156. The smallest absolute Gasteiger partial charge is 0.239 e. The van der Waals surface area contributed by atoms with Crippen LogP contribution in [0.3, 0.4) is 0 Å². The Morgan fingerprint density at radius 2 is 2.09 bits per heavy atom. The molecule has 3 atom stereocenters. The number of amides is 1. The van der Waals surface area contributed by atoms with Crippen molar-refractivity contribution in [2.24, 2.45) is 5.41 Å². The molecule has 0 bridgehead atoms. The highest BCUT2D eigenvalue weighted by Gasteiger charge is 2.56. The van der Waals surface area contributed by atoms with Gasteiger partial charge >= 0.3 is 0 Å². The zero-order chi connectivity index (χ0) is 14.9. The molecule has 1 aliphatic carbocycles. The quantitative estimate of drug-likeness (QED) is 0.818. The van der Waals surface area contributed by atoms with E-state index in [-0.39, 0.29) is 42.0 Å². The van der Waals surface area contributed by atoms with E-state index in [1.165, 1.54) is 6.42 Å². The van der Waals surface area contributed by atoms with E-state index >= 15 is 0 Å². The van der Waals surface area contributed by atoms with Crippen LogP contribution in [0.2, 0.25) is 0 Å². The molecular formula is C16H29ClN2O3. The largest absolute Gasteiger partial charge is 0.392 e. The van der Waals surface area contributed by atoms with Crippen LogP contribution in [0.1, 0.15) is 45.4 Å². The lowest BCUT2D eigenvalue weighted by Crippen LogP contribution is -2.63. The molecule has 0 aromatic heterocycles. The lowest BCUT2D eigenvalue weighted by molar-refractivity contribution is -0.210. The second kappa shape index (κ2) is 7.47. The Labute approximate surface area is 139 Å². The minimum atomic E-state index is -0.251. The molecule has 2 aliphatic heterocycles. The van der Waals surface area contributed by atoms with E-state index in [1.807, 2.05) is 11.8 Å². The highest BCUT2D eigenvalue weighted by atomic mass is 35.5. The predicted molar refractivity (Wildman–Crippen MR) is 87.2 cm³/mol. The molecule has 1 spiro atoms. The fraction of sp³-hybridized carbons (Fsp3) is 0.938. The van der Waals surface area contributed by atoms with E-state index in [4.69, 9.17) is 4.74 Å². The van der Waals surface area contributed by atoms with Crippen LogP contribution < -0.4 is 5.32 Å². The summed E-state index contributed by atoms with van der Waals surface area (Å²) in [6.07, 6.45) is 5.72. The fourth-order valence-corrected chi connectivity index (χ4v) is 4.24. The van der Waals surface area contributed by atoms with Crippen molar-refractivity contribution < 1.29 is 14.6 Å². The molecule has 3 rings (SSSR count). The van der Waals surface area contributed by atoms with Crippen molar-refractivity contribution in [1.29, 1.82) is 0 Å². The standard InChI is InChI=1S/C16H28N2O3.ClH/c1-2-21-14-11-13(19)16(14)6-9-18(10-7-16)15(20)12-5-3-4-8-17-12;/h12-14,17,19H,2-11H2,1H3;1H. The average molecular weight is 333 g/mol. The molecule has 2 N–H and O–H groups in total. The van der Waals surface area contributed by atoms with Crippen LogP contribution in [-0.2, 0) is 9.53 Å². The van der Waals surface area contributed by atoms with Crippen LogP contribution in [0, 0.1) is 5.41 Å². The number of aliphatic hydroxyl groups excluding tert-OH is 1. The Bertz CT molecular complexity index is 378. The van der Waals surface area contributed by atoms with Crippen LogP contribution in [0.4, 0.5) is 0 Å². The van der Waals surface area contributed by atoms with Gasteiger partial charge in [0, 0.05) is 31.5 Å². The van der Waals surface area contributed by atoms with Crippen molar-refractivity contribution >= 4 is 18.3 Å². The van der Waals surface area contributed by atoms with Crippen molar-refractivity contribution in [3.8, 4) is 0 Å². The van der Waals surface area contributed by atoms with Crippen LogP contribution >= 0.6 is 12.4 Å². The first-order chi connectivity index (χ1) is 10.2. The molecule has 0 radical (unpaired) electrons. The number of nitrogens with one attached hydrogen (secondary N) is 1. The van der Waals surface area contributed by atoms with Gasteiger partial charge in [-0.2, -0.15) is 0 Å². The van der Waals surface area contributed by atoms with E-state index in [1.54, 1.807) is 0 Å². The molecular weight excluding hydrogens is 304 g/mol. The summed E-state index contributed by atoms with van der Waals surface area (Å²) >= 11 is 0. The number of nitrogens with zero attached hydrogens (tertiary/aromatic N) is 1. The molecule has 6 heteroatoms. The number of hydrogen-bond donors (Lipinski definition) is 2. The third-order valence-electron chi connectivity index (χ3n) is 5.72. The Balaban J connectivity index is 0.00000176. The predicted octanol–water partition coefficient (Wildman–Crippen LogP) is 1.33. The number of ether oxygens (including phenoxy) is 1. The zero-order valence-electron chi connectivity index (χ0n) is 13.4. The maximum atomic E-state index is 12.5. The van der Waals surface area contributed by atoms with Gasteiger partial charge in [0.25, 0.3) is 0 Å². The van der Waals surface area contributed by atoms with Gasteiger partial charge in [-0.25, -0.2) is 0 Å². The highest BCUT2D eigenvalue weighted by molar-refractivity contribution is 5.85. The van der Waals surface area contributed by atoms with E-state index < -0.39 is 0 Å². The Morgan fingerprint density at radius 3 is 2.64 bits per heavy atom. The van der Waals surface area contributed by atoms with Gasteiger partial charge in [0.15, 0.2) is 0 Å². The average Bonchev–Trinajstić information content (AvgIpc) is 2.55. The third-order valence-corrected chi connectivity index (χ3v) is 5.72. The Hall–Kier alpha value is -0.360. The van der Waals surface area contributed by atoms with Gasteiger partial charge in [-0.1, -0.05) is 6.42 Å². The number of carbonyl (C=O) groups is 1. The molecule has 22 heavy (non-hydrogen) atoms. The summed E-state index contributed by atoms with van der Waals surface area (Å²) in [5.41, 5.74) is -0.0905. The minimum Gasteiger partial charge on any atom is -0.392 e. The monoisotopic (exact) mass is 332 g/mol. The first-order valence-corrected chi connectivity index (χ1v) is 8.49. The second-order valence-electron chi connectivity index (χ2n) is 6.76. The summed E-state index contributed by atoms with van der Waals surface area (Å²) in [5, 5.41) is 13.5. The van der Waals surface area contributed by atoms with Gasteiger partial charge in [0.05, 0.1) is 18.2 Å². The van der Waals surface area contributed by atoms with Crippen LogP contribution in [0.15, 0.2) is 0 Å². The van der Waals surface area contributed by atoms with Crippen LogP contribution in [0.25, 0.3) is 0 Å². The van der Waals surface area contributed by atoms with E-state index in [0.717, 1.165) is 51.7 Å². The number of likely N-dealkylation sites (tertiary alicyclic amines) is 1. The maximum absolute atomic E-state index is 12.5. The fourth-order valence-electron chi connectivity index (χ4n) is 4.24. The highest BCUT2D eigenvalue weighted by Crippen LogP contribution is 2.51. The molecule has 128 valence electrons. The zero-order valence-corrected chi connectivity index (χ0v) is 14.2. The van der Waals surface area contributed by atoms with Crippen molar-refractivity contribution in [2.75, 3.05) is 26.2 Å². The van der Waals surface area contributed by atoms with Gasteiger partial charge in [-0.15, -0.1) is 12.4 Å². The van der Waals surface area contributed by atoms with Gasteiger partial charge in [0.2, 0.25) is 5.91 Å². The topological polar surface area (TPSA) is 61.8 Å². The van der Waals surface area contributed by atoms with Crippen LogP contribution in [-0.4, -0.2) is 60.4 Å². The normalized spacial score (nSPS) is 33.9. The molecule has 1 amide bonds. The lowest BCUT2D eigenvalue weighted by Gasteiger charge is -2.56.